The number of carbonyl (C=O) groups is 1. The van der Waals surface area contributed by atoms with Crippen LogP contribution < -0.4 is 9.62 Å². The number of anilines is 1. The summed E-state index contributed by atoms with van der Waals surface area (Å²) in [4.78, 5) is 12.0. The smallest absolute Gasteiger partial charge is 0.240 e. The van der Waals surface area contributed by atoms with Crippen LogP contribution in [0, 0.1) is 6.92 Å². The first-order chi connectivity index (χ1) is 10.7. The summed E-state index contributed by atoms with van der Waals surface area (Å²) >= 11 is 0. The van der Waals surface area contributed by atoms with Gasteiger partial charge in [-0.1, -0.05) is 18.2 Å². The van der Waals surface area contributed by atoms with Gasteiger partial charge in [0.15, 0.2) is 0 Å². The maximum Gasteiger partial charge on any atom is 0.240 e. The SMILES string of the molecule is Cc1ccccc1N(CC(=O)NCCCOC(C)C)S(C)(=O)=O. The van der Waals surface area contributed by atoms with Crippen molar-refractivity contribution in [1.82, 2.24) is 5.32 Å². The molecule has 1 amide bonds. The molecular weight excluding hydrogens is 316 g/mol. The molecular formula is C16H26N2O4S. The molecule has 0 fully saturated rings. The van der Waals surface area contributed by atoms with Crippen LogP contribution in [0.3, 0.4) is 0 Å². The Hall–Kier alpha value is -1.60. The first-order valence-corrected chi connectivity index (χ1v) is 9.48. The van der Waals surface area contributed by atoms with Crippen molar-refractivity contribution in [2.45, 2.75) is 33.3 Å². The summed E-state index contributed by atoms with van der Waals surface area (Å²) in [6.07, 6.45) is 1.95. The molecule has 1 N–H and O–H groups in total. The van der Waals surface area contributed by atoms with Gasteiger partial charge in [0, 0.05) is 13.2 Å². The number of amides is 1. The molecule has 1 aromatic rings. The minimum atomic E-state index is -3.53. The Labute approximate surface area is 138 Å². The second-order valence-electron chi connectivity index (χ2n) is 5.68. The number of rotatable bonds is 9. The molecule has 1 aromatic carbocycles. The average molecular weight is 342 g/mol. The highest BCUT2D eigenvalue weighted by molar-refractivity contribution is 7.92. The van der Waals surface area contributed by atoms with Crippen molar-refractivity contribution in [2.75, 3.05) is 30.3 Å². The fourth-order valence-corrected chi connectivity index (χ4v) is 2.94. The van der Waals surface area contributed by atoms with Gasteiger partial charge in [-0.15, -0.1) is 0 Å². The van der Waals surface area contributed by atoms with E-state index in [1.807, 2.05) is 32.9 Å². The van der Waals surface area contributed by atoms with Crippen LogP contribution in [0.5, 0.6) is 0 Å². The molecule has 0 aliphatic rings. The number of benzene rings is 1. The summed E-state index contributed by atoms with van der Waals surface area (Å²) in [6.45, 7) is 6.50. The van der Waals surface area contributed by atoms with Crippen molar-refractivity contribution in [3.8, 4) is 0 Å². The van der Waals surface area contributed by atoms with Crippen LogP contribution in [-0.2, 0) is 19.6 Å². The molecule has 0 unspecified atom stereocenters. The molecule has 0 spiro atoms. The van der Waals surface area contributed by atoms with Gasteiger partial charge in [0.25, 0.3) is 0 Å². The van der Waals surface area contributed by atoms with Crippen LogP contribution in [0.4, 0.5) is 5.69 Å². The molecule has 0 atom stereocenters. The number of aryl methyl sites for hydroxylation is 1. The zero-order valence-corrected chi connectivity index (χ0v) is 15.0. The third kappa shape index (κ3) is 7.00. The molecule has 0 radical (unpaired) electrons. The predicted octanol–water partition coefficient (Wildman–Crippen LogP) is 1.69. The highest BCUT2D eigenvalue weighted by Gasteiger charge is 2.21. The molecule has 7 heteroatoms. The zero-order valence-electron chi connectivity index (χ0n) is 14.2. The Kier molecular flexibility index (Phi) is 7.51. The second kappa shape index (κ2) is 8.88. The van der Waals surface area contributed by atoms with Crippen molar-refractivity contribution in [3.05, 3.63) is 29.8 Å². The van der Waals surface area contributed by atoms with Crippen molar-refractivity contribution < 1.29 is 17.9 Å². The molecule has 0 aromatic heterocycles. The lowest BCUT2D eigenvalue weighted by Crippen LogP contribution is -2.41. The molecule has 0 saturated carbocycles. The van der Waals surface area contributed by atoms with E-state index in [0.717, 1.165) is 16.1 Å². The van der Waals surface area contributed by atoms with Gasteiger partial charge >= 0.3 is 0 Å². The second-order valence-corrected chi connectivity index (χ2v) is 7.59. The first-order valence-electron chi connectivity index (χ1n) is 7.63. The molecule has 0 heterocycles. The number of para-hydroxylation sites is 1. The van der Waals surface area contributed by atoms with Crippen LogP contribution in [0.25, 0.3) is 0 Å². The Morgan fingerprint density at radius 3 is 2.52 bits per heavy atom. The molecule has 1 rings (SSSR count). The summed E-state index contributed by atoms with van der Waals surface area (Å²) < 4.78 is 30.5. The van der Waals surface area contributed by atoms with E-state index in [0.29, 0.717) is 25.3 Å². The van der Waals surface area contributed by atoms with Crippen LogP contribution >= 0.6 is 0 Å². The number of nitrogens with zero attached hydrogens (tertiary/aromatic N) is 1. The normalized spacial score (nSPS) is 11.5. The van der Waals surface area contributed by atoms with Gasteiger partial charge in [0.05, 0.1) is 18.0 Å². The van der Waals surface area contributed by atoms with Crippen LogP contribution in [-0.4, -0.2) is 46.4 Å². The fourth-order valence-electron chi connectivity index (χ4n) is 2.03. The standard InChI is InChI=1S/C16H26N2O4S/c1-13(2)22-11-7-10-17-16(19)12-18(23(4,20)21)15-9-6-5-8-14(15)3/h5-6,8-9,13H,7,10-12H2,1-4H3,(H,17,19). The highest BCUT2D eigenvalue weighted by Crippen LogP contribution is 2.21. The molecule has 0 bridgehead atoms. The van der Waals surface area contributed by atoms with E-state index in [1.54, 1.807) is 12.1 Å². The predicted molar refractivity (Wildman–Crippen MR) is 92.1 cm³/mol. The van der Waals surface area contributed by atoms with E-state index in [2.05, 4.69) is 5.32 Å². The van der Waals surface area contributed by atoms with Gasteiger partial charge in [-0.05, 0) is 38.8 Å². The molecule has 0 aliphatic heterocycles. The van der Waals surface area contributed by atoms with E-state index in [1.165, 1.54) is 0 Å². The van der Waals surface area contributed by atoms with Crippen molar-refractivity contribution in [2.24, 2.45) is 0 Å². The van der Waals surface area contributed by atoms with E-state index in [4.69, 9.17) is 4.74 Å². The number of sulfonamides is 1. The number of ether oxygens (including phenoxy) is 1. The van der Waals surface area contributed by atoms with Gasteiger partial charge in [-0.2, -0.15) is 0 Å². The maximum atomic E-state index is 12.0. The van der Waals surface area contributed by atoms with Gasteiger partial charge in [0.2, 0.25) is 15.9 Å². The molecule has 130 valence electrons. The average Bonchev–Trinajstić information content (AvgIpc) is 2.44. The Morgan fingerprint density at radius 1 is 1.30 bits per heavy atom. The quantitative estimate of drug-likeness (QED) is 0.693. The Balaban J connectivity index is 2.62. The third-order valence-corrected chi connectivity index (χ3v) is 4.29. The first kappa shape index (κ1) is 19.4. The molecule has 23 heavy (non-hydrogen) atoms. The monoisotopic (exact) mass is 342 g/mol. The van der Waals surface area contributed by atoms with Crippen LogP contribution in [0.15, 0.2) is 24.3 Å². The number of nitrogens with one attached hydrogen (secondary N) is 1. The van der Waals surface area contributed by atoms with E-state index < -0.39 is 10.0 Å². The van der Waals surface area contributed by atoms with Gasteiger partial charge in [-0.25, -0.2) is 8.42 Å². The van der Waals surface area contributed by atoms with Gasteiger partial charge < -0.3 is 10.1 Å². The summed E-state index contributed by atoms with van der Waals surface area (Å²) in [5.41, 5.74) is 1.32. The number of hydrogen-bond acceptors (Lipinski definition) is 4. The van der Waals surface area contributed by atoms with Crippen molar-refractivity contribution in [1.29, 1.82) is 0 Å². The highest BCUT2D eigenvalue weighted by atomic mass is 32.2. The third-order valence-electron chi connectivity index (χ3n) is 3.17. The summed E-state index contributed by atoms with van der Waals surface area (Å²) in [5.74, 6) is -0.330. The fraction of sp³-hybridized carbons (Fsp3) is 0.562. The topological polar surface area (TPSA) is 75.7 Å². The van der Waals surface area contributed by atoms with Crippen molar-refractivity contribution >= 4 is 21.6 Å². The van der Waals surface area contributed by atoms with E-state index >= 15 is 0 Å². The maximum absolute atomic E-state index is 12.0. The van der Waals surface area contributed by atoms with E-state index in [-0.39, 0.29) is 18.6 Å². The number of carbonyl (C=O) groups excluding carboxylic acids is 1. The lowest BCUT2D eigenvalue weighted by Gasteiger charge is -2.23. The van der Waals surface area contributed by atoms with E-state index in [9.17, 15) is 13.2 Å². The van der Waals surface area contributed by atoms with Crippen molar-refractivity contribution in [3.63, 3.8) is 0 Å². The van der Waals surface area contributed by atoms with Gasteiger partial charge in [-0.3, -0.25) is 9.10 Å². The minimum absolute atomic E-state index is 0.160. The minimum Gasteiger partial charge on any atom is -0.379 e. The van der Waals surface area contributed by atoms with Gasteiger partial charge in [0.1, 0.15) is 6.54 Å². The summed E-state index contributed by atoms with van der Waals surface area (Å²) in [6, 6.07) is 7.09. The van der Waals surface area contributed by atoms with Crippen LogP contribution in [0.1, 0.15) is 25.8 Å². The molecule has 0 saturated heterocycles. The number of hydrogen-bond donors (Lipinski definition) is 1. The van der Waals surface area contributed by atoms with Crippen LogP contribution in [0.2, 0.25) is 0 Å². The Morgan fingerprint density at radius 2 is 1.96 bits per heavy atom. The zero-order chi connectivity index (χ0) is 17.5. The summed E-state index contributed by atoms with van der Waals surface area (Å²) in [5, 5.41) is 2.72. The largest absolute Gasteiger partial charge is 0.379 e. The Bertz CT molecular complexity index is 614. The molecule has 6 nitrogen and oxygen atoms in total. The lowest BCUT2D eigenvalue weighted by molar-refractivity contribution is -0.119. The summed E-state index contributed by atoms with van der Waals surface area (Å²) in [7, 11) is -3.53. The molecule has 0 aliphatic carbocycles. The lowest BCUT2D eigenvalue weighted by atomic mass is 10.2.